The summed E-state index contributed by atoms with van der Waals surface area (Å²) in [6.45, 7) is 6.12. The van der Waals surface area contributed by atoms with E-state index in [1.165, 1.54) is 4.90 Å². The van der Waals surface area contributed by atoms with Crippen LogP contribution in [0.15, 0.2) is 24.3 Å². The number of carbonyl (C=O) groups excluding carboxylic acids is 2. The zero-order valence-corrected chi connectivity index (χ0v) is 12.1. The average Bonchev–Trinajstić information content (AvgIpc) is 2.44. The Morgan fingerprint density at radius 2 is 1.85 bits per heavy atom. The molecule has 2 atom stereocenters. The second-order valence-electron chi connectivity index (χ2n) is 4.96. The van der Waals surface area contributed by atoms with E-state index in [1.807, 2.05) is 31.2 Å². The molecule has 0 bridgehead atoms. The number of hydrogen-bond donors (Lipinski definition) is 1. The molecule has 2 amide bonds. The summed E-state index contributed by atoms with van der Waals surface area (Å²) < 4.78 is 5.51. The van der Waals surface area contributed by atoms with Crippen molar-refractivity contribution in [1.82, 2.24) is 5.32 Å². The van der Waals surface area contributed by atoms with Gasteiger partial charge in [0, 0.05) is 5.69 Å². The van der Waals surface area contributed by atoms with Gasteiger partial charge in [-0.05, 0) is 44.5 Å². The molecule has 1 aliphatic heterocycles. The Morgan fingerprint density at radius 3 is 2.45 bits per heavy atom. The lowest BCUT2D eigenvalue weighted by atomic mass is 10.1. The molecule has 2 unspecified atom stereocenters. The van der Waals surface area contributed by atoms with Gasteiger partial charge >= 0.3 is 0 Å². The Hall–Kier alpha value is -2.04. The Labute approximate surface area is 118 Å². The summed E-state index contributed by atoms with van der Waals surface area (Å²) in [5.41, 5.74) is 0.716. The van der Waals surface area contributed by atoms with E-state index in [9.17, 15) is 9.59 Å². The third kappa shape index (κ3) is 2.76. The van der Waals surface area contributed by atoms with Crippen LogP contribution in [0.25, 0.3) is 0 Å². The molecule has 5 nitrogen and oxygen atoms in total. The van der Waals surface area contributed by atoms with Crippen LogP contribution in [-0.4, -0.2) is 30.5 Å². The highest BCUT2D eigenvalue weighted by atomic mass is 16.5. The second kappa shape index (κ2) is 5.94. The van der Waals surface area contributed by atoms with Gasteiger partial charge in [-0.3, -0.25) is 14.5 Å². The fraction of sp³-hybridized carbons (Fsp3) is 0.467. The molecule has 0 radical (unpaired) electrons. The fourth-order valence-corrected chi connectivity index (χ4v) is 2.19. The molecule has 1 saturated heterocycles. The standard InChI is InChI=1S/C15H20N2O3/c1-4-9-20-13-7-5-12(6-8-13)17-11(3)14(18)16-10(2)15(17)19/h5-8,10-11H,4,9H2,1-3H3,(H,16,18). The number of rotatable bonds is 4. The van der Waals surface area contributed by atoms with Crippen molar-refractivity contribution in [3.05, 3.63) is 24.3 Å². The van der Waals surface area contributed by atoms with Crippen LogP contribution < -0.4 is 15.0 Å². The quantitative estimate of drug-likeness (QED) is 0.911. The van der Waals surface area contributed by atoms with E-state index in [-0.39, 0.29) is 11.8 Å². The van der Waals surface area contributed by atoms with Crippen LogP contribution in [-0.2, 0) is 9.59 Å². The minimum absolute atomic E-state index is 0.0978. The molecule has 108 valence electrons. The van der Waals surface area contributed by atoms with Crippen LogP contribution in [0.5, 0.6) is 5.75 Å². The largest absolute Gasteiger partial charge is 0.494 e. The van der Waals surface area contributed by atoms with Crippen molar-refractivity contribution in [2.45, 2.75) is 39.3 Å². The van der Waals surface area contributed by atoms with Gasteiger partial charge in [-0.2, -0.15) is 0 Å². The number of piperazine rings is 1. The maximum Gasteiger partial charge on any atom is 0.250 e. The number of nitrogens with one attached hydrogen (secondary N) is 1. The second-order valence-corrected chi connectivity index (χ2v) is 4.96. The summed E-state index contributed by atoms with van der Waals surface area (Å²) in [6, 6.07) is 6.27. The summed E-state index contributed by atoms with van der Waals surface area (Å²) in [7, 11) is 0. The molecule has 0 aliphatic carbocycles. The highest BCUT2D eigenvalue weighted by Gasteiger charge is 2.36. The Bertz CT molecular complexity index is 498. The van der Waals surface area contributed by atoms with Crippen molar-refractivity contribution in [1.29, 1.82) is 0 Å². The van der Waals surface area contributed by atoms with E-state index in [4.69, 9.17) is 4.74 Å². The maximum atomic E-state index is 12.2. The number of benzene rings is 1. The van der Waals surface area contributed by atoms with Crippen LogP contribution in [0.3, 0.4) is 0 Å². The highest BCUT2D eigenvalue weighted by Crippen LogP contribution is 2.24. The number of amides is 2. The topological polar surface area (TPSA) is 58.6 Å². The normalized spacial score (nSPS) is 22.6. The first-order valence-electron chi connectivity index (χ1n) is 6.91. The van der Waals surface area contributed by atoms with Gasteiger partial charge in [0.25, 0.3) is 0 Å². The fourth-order valence-electron chi connectivity index (χ4n) is 2.19. The lowest BCUT2D eigenvalue weighted by Crippen LogP contribution is -2.61. The summed E-state index contributed by atoms with van der Waals surface area (Å²) in [6.07, 6.45) is 0.946. The Morgan fingerprint density at radius 1 is 1.20 bits per heavy atom. The summed E-state index contributed by atoms with van der Waals surface area (Å²) >= 11 is 0. The van der Waals surface area contributed by atoms with Gasteiger partial charge in [-0.1, -0.05) is 6.92 Å². The number of ether oxygens (including phenoxy) is 1. The van der Waals surface area contributed by atoms with Gasteiger partial charge in [-0.25, -0.2) is 0 Å². The van der Waals surface area contributed by atoms with Gasteiger partial charge in [0.05, 0.1) is 6.61 Å². The molecule has 20 heavy (non-hydrogen) atoms. The smallest absolute Gasteiger partial charge is 0.250 e. The zero-order valence-electron chi connectivity index (χ0n) is 12.1. The first-order chi connectivity index (χ1) is 9.54. The van der Waals surface area contributed by atoms with Gasteiger partial charge in [-0.15, -0.1) is 0 Å². The molecule has 1 aromatic rings. The van der Waals surface area contributed by atoms with Crippen molar-refractivity contribution >= 4 is 17.5 Å². The molecule has 0 saturated carbocycles. The third-order valence-corrected chi connectivity index (χ3v) is 3.32. The van der Waals surface area contributed by atoms with Crippen molar-refractivity contribution in [3.63, 3.8) is 0 Å². The van der Waals surface area contributed by atoms with Crippen molar-refractivity contribution in [2.75, 3.05) is 11.5 Å². The molecule has 5 heteroatoms. The first-order valence-corrected chi connectivity index (χ1v) is 6.91. The highest BCUT2D eigenvalue weighted by molar-refractivity contribution is 6.07. The van der Waals surface area contributed by atoms with Crippen molar-refractivity contribution in [3.8, 4) is 5.75 Å². The van der Waals surface area contributed by atoms with Crippen LogP contribution in [0.1, 0.15) is 27.2 Å². The minimum Gasteiger partial charge on any atom is -0.494 e. The van der Waals surface area contributed by atoms with Gasteiger partial charge in [0.2, 0.25) is 11.8 Å². The maximum absolute atomic E-state index is 12.2. The van der Waals surface area contributed by atoms with Crippen LogP contribution in [0.2, 0.25) is 0 Å². The van der Waals surface area contributed by atoms with E-state index in [0.717, 1.165) is 12.2 Å². The number of hydrogen-bond acceptors (Lipinski definition) is 3. The Kier molecular flexibility index (Phi) is 4.27. The van der Waals surface area contributed by atoms with Crippen molar-refractivity contribution < 1.29 is 14.3 Å². The van der Waals surface area contributed by atoms with Gasteiger partial charge in [0.15, 0.2) is 0 Å². The van der Waals surface area contributed by atoms with E-state index in [1.54, 1.807) is 13.8 Å². The van der Waals surface area contributed by atoms with Crippen molar-refractivity contribution in [2.24, 2.45) is 0 Å². The van der Waals surface area contributed by atoms with E-state index in [0.29, 0.717) is 12.3 Å². The Balaban J connectivity index is 2.20. The molecular formula is C15H20N2O3. The monoisotopic (exact) mass is 276 g/mol. The molecule has 1 heterocycles. The minimum atomic E-state index is -0.499. The molecule has 1 fully saturated rings. The summed E-state index contributed by atoms with van der Waals surface area (Å²) in [5.74, 6) is 0.535. The van der Waals surface area contributed by atoms with Crippen LogP contribution in [0, 0.1) is 0 Å². The molecular weight excluding hydrogens is 256 g/mol. The van der Waals surface area contributed by atoms with E-state index >= 15 is 0 Å². The first kappa shape index (κ1) is 14.4. The predicted octanol–water partition coefficient (Wildman–Crippen LogP) is 1.72. The summed E-state index contributed by atoms with van der Waals surface area (Å²) in [5, 5.41) is 2.66. The molecule has 0 aromatic heterocycles. The summed E-state index contributed by atoms with van der Waals surface area (Å²) in [4.78, 5) is 25.6. The lowest BCUT2D eigenvalue weighted by Gasteiger charge is -2.36. The van der Waals surface area contributed by atoms with E-state index < -0.39 is 12.1 Å². The number of anilines is 1. The molecule has 1 N–H and O–H groups in total. The number of nitrogens with zero attached hydrogens (tertiary/aromatic N) is 1. The van der Waals surface area contributed by atoms with Gasteiger partial charge in [0.1, 0.15) is 17.8 Å². The average molecular weight is 276 g/mol. The zero-order chi connectivity index (χ0) is 14.7. The van der Waals surface area contributed by atoms with E-state index in [2.05, 4.69) is 5.32 Å². The van der Waals surface area contributed by atoms with Crippen LogP contribution >= 0.6 is 0 Å². The third-order valence-electron chi connectivity index (χ3n) is 3.32. The SMILES string of the molecule is CCCOc1ccc(N2C(=O)C(C)NC(=O)C2C)cc1. The molecule has 0 spiro atoms. The lowest BCUT2D eigenvalue weighted by molar-refractivity contribution is -0.133. The molecule has 1 aliphatic rings. The number of carbonyl (C=O) groups is 2. The van der Waals surface area contributed by atoms with Crippen LogP contribution in [0.4, 0.5) is 5.69 Å². The predicted molar refractivity (Wildman–Crippen MR) is 76.8 cm³/mol. The molecule has 1 aromatic carbocycles. The molecule has 2 rings (SSSR count). The van der Waals surface area contributed by atoms with Gasteiger partial charge < -0.3 is 10.1 Å².